The van der Waals surface area contributed by atoms with Gasteiger partial charge in [0.25, 0.3) is 0 Å². The van der Waals surface area contributed by atoms with E-state index in [2.05, 4.69) is 20.8 Å². The first-order chi connectivity index (χ1) is 8.74. The van der Waals surface area contributed by atoms with Crippen LogP contribution in [0.5, 0.6) is 0 Å². The van der Waals surface area contributed by atoms with E-state index in [1.807, 2.05) is 7.05 Å². The number of nitrogens with zero attached hydrogens (tertiary/aromatic N) is 2. The molecule has 2 rings (SSSR count). The number of hydrogen-bond acceptors (Lipinski definition) is 4. The summed E-state index contributed by atoms with van der Waals surface area (Å²) in [5.74, 6) is 0.524. The van der Waals surface area contributed by atoms with Crippen molar-refractivity contribution in [1.29, 1.82) is 0 Å². The molecule has 98 valence electrons. The Morgan fingerprint density at radius 1 is 1.39 bits per heavy atom. The fourth-order valence-corrected chi connectivity index (χ4v) is 2.61. The van der Waals surface area contributed by atoms with Crippen LogP contribution in [0.1, 0.15) is 38.5 Å². The summed E-state index contributed by atoms with van der Waals surface area (Å²) >= 11 is 0. The van der Waals surface area contributed by atoms with E-state index < -0.39 is 0 Å². The molecule has 5 heteroatoms. The zero-order valence-electron chi connectivity index (χ0n) is 10.8. The lowest BCUT2D eigenvalue weighted by atomic mass is 9.79. The van der Waals surface area contributed by atoms with Gasteiger partial charge < -0.3 is 10.6 Å². The molecule has 1 aliphatic rings. The predicted molar refractivity (Wildman–Crippen MR) is 70.2 cm³/mol. The molecule has 0 aliphatic heterocycles. The normalized spacial score (nSPS) is 18.3. The molecule has 1 saturated carbocycles. The topological polar surface area (TPSA) is 66.9 Å². The van der Waals surface area contributed by atoms with Crippen molar-refractivity contribution < 1.29 is 4.79 Å². The highest BCUT2D eigenvalue weighted by Crippen LogP contribution is 2.30. The van der Waals surface area contributed by atoms with Crippen LogP contribution < -0.4 is 10.6 Å². The van der Waals surface area contributed by atoms with Gasteiger partial charge >= 0.3 is 0 Å². The van der Waals surface area contributed by atoms with Gasteiger partial charge in [-0.05, 0) is 32.0 Å². The highest BCUT2D eigenvalue weighted by Gasteiger charge is 2.32. The summed E-state index contributed by atoms with van der Waals surface area (Å²) in [5, 5.41) is 13.7. The molecular formula is C13H20N4O. The van der Waals surface area contributed by atoms with Crippen molar-refractivity contribution in [3.8, 4) is 0 Å². The lowest BCUT2D eigenvalue weighted by molar-refractivity contribution is -0.118. The molecule has 18 heavy (non-hydrogen) atoms. The molecule has 0 unspecified atom stereocenters. The number of carbonyl (C=O) groups is 1. The number of rotatable bonds is 4. The van der Waals surface area contributed by atoms with Crippen LogP contribution in [0.25, 0.3) is 0 Å². The molecule has 0 bridgehead atoms. The molecule has 0 saturated heterocycles. The third kappa shape index (κ3) is 3.26. The Bertz CT molecular complexity index is 387. The van der Waals surface area contributed by atoms with E-state index in [0.717, 1.165) is 12.8 Å². The van der Waals surface area contributed by atoms with Gasteiger partial charge in [-0.25, -0.2) is 0 Å². The molecule has 1 aromatic rings. The fraction of sp³-hybridized carbons (Fsp3) is 0.615. The molecule has 0 spiro atoms. The van der Waals surface area contributed by atoms with Crippen molar-refractivity contribution in [2.75, 3.05) is 12.4 Å². The van der Waals surface area contributed by atoms with Crippen molar-refractivity contribution in [2.24, 2.45) is 0 Å². The first kappa shape index (κ1) is 13.0. The second-order valence-corrected chi connectivity index (χ2v) is 4.92. The molecule has 2 N–H and O–H groups in total. The minimum Gasteiger partial charge on any atom is -0.314 e. The molecule has 1 amide bonds. The summed E-state index contributed by atoms with van der Waals surface area (Å²) in [6.45, 7) is 0. The van der Waals surface area contributed by atoms with Crippen molar-refractivity contribution >= 4 is 11.7 Å². The number of hydrogen-bond donors (Lipinski definition) is 2. The Kier molecular flexibility index (Phi) is 4.25. The molecular weight excluding hydrogens is 228 g/mol. The van der Waals surface area contributed by atoms with Gasteiger partial charge in [0.15, 0.2) is 5.82 Å². The van der Waals surface area contributed by atoms with Gasteiger partial charge in [-0.1, -0.05) is 19.3 Å². The molecule has 5 nitrogen and oxygen atoms in total. The Morgan fingerprint density at radius 2 is 2.17 bits per heavy atom. The molecule has 1 aliphatic carbocycles. The van der Waals surface area contributed by atoms with E-state index in [9.17, 15) is 4.79 Å². The summed E-state index contributed by atoms with van der Waals surface area (Å²) in [6, 6.07) is 3.51. The van der Waals surface area contributed by atoms with Crippen LogP contribution in [-0.4, -0.2) is 28.7 Å². The van der Waals surface area contributed by atoms with Crippen molar-refractivity contribution in [3.05, 3.63) is 18.3 Å². The van der Waals surface area contributed by atoms with Crippen LogP contribution >= 0.6 is 0 Å². The summed E-state index contributed by atoms with van der Waals surface area (Å²) in [6.07, 6.45) is 7.88. The summed E-state index contributed by atoms with van der Waals surface area (Å²) in [5.41, 5.74) is -0.0372. The van der Waals surface area contributed by atoms with E-state index in [4.69, 9.17) is 0 Å². The number of anilines is 1. The molecule has 0 radical (unpaired) electrons. The van der Waals surface area contributed by atoms with Gasteiger partial charge in [-0.2, -0.15) is 5.10 Å². The first-order valence-electron chi connectivity index (χ1n) is 6.51. The molecule has 0 aromatic carbocycles. The Hall–Kier alpha value is -1.49. The smallest absolute Gasteiger partial charge is 0.227 e. The van der Waals surface area contributed by atoms with Gasteiger partial charge in [-0.15, -0.1) is 5.10 Å². The summed E-state index contributed by atoms with van der Waals surface area (Å²) in [7, 11) is 1.95. The van der Waals surface area contributed by atoms with Gasteiger partial charge in [0.1, 0.15) is 0 Å². The van der Waals surface area contributed by atoms with Crippen molar-refractivity contribution in [2.45, 2.75) is 44.1 Å². The average Bonchev–Trinajstić information content (AvgIpc) is 2.41. The Labute approximate surface area is 107 Å². The second-order valence-electron chi connectivity index (χ2n) is 4.92. The summed E-state index contributed by atoms with van der Waals surface area (Å²) < 4.78 is 0. The van der Waals surface area contributed by atoms with Crippen LogP contribution in [0.4, 0.5) is 5.82 Å². The molecule has 0 atom stereocenters. The van der Waals surface area contributed by atoms with Gasteiger partial charge in [-0.3, -0.25) is 4.79 Å². The zero-order valence-corrected chi connectivity index (χ0v) is 10.8. The lowest BCUT2D eigenvalue weighted by Crippen LogP contribution is -2.47. The SMILES string of the molecule is CNC1(CC(=O)Nc2cccnn2)CCCCC1. The number of amides is 1. The summed E-state index contributed by atoms with van der Waals surface area (Å²) in [4.78, 5) is 12.0. The van der Waals surface area contributed by atoms with E-state index in [1.165, 1.54) is 19.3 Å². The van der Waals surface area contributed by atoms with E-state index in [0.29, 0.717) is 12.2 Å². The third-order valence-electron chi connectivity index (χ3n) is 3.68. The van der Waals surface area contributed by atoms with Crippen molar-refractivity contribution in [3.63, 3.8) is 0 Å². The second kappa shape index (κ2) is 5.91. The number of nitrogens with one attached hydrogen (secondary N) is 2. The highest BCUT2D eigenvalue weighted by atomic mass is 16.1. The van der Waals surface area contributed by atoms with Gasteiger partial charge in [0.05, 0.1) is 0 Å². The zero-order chi connectivity index (χ0) is 12.8. The maximum Gasteiger partial charge on any atom is 0.227 e. The monoisotopic (exact) mass is 248 g/mol. The Balaban J connectivity index is 1.93. The van der Waals surface area contributed by atoms with E-state index in [-0.39, 0.29) is 11.4 Å². The van der Waals surface area contributed by atoms with Crippen LogP contribution in [0.2, 0.25) is 0 Å². The van der Waals surface area contributed by atoms with Crippen molar-refractivity contribution in [1.82, 2.24) is 15.5 Å². The maximum absolute atomic E-state index is 12.0. The van der Waals surface area contributed by atoms with E-state index >= 15 is 0 Å². The highest BCUT2D eigenvalue weighted by molar-refractivity contribution is 5.90. The fourth-order valence-electron chi connectivity index (χ4n) is 2.61. The predicted octanol–water partition coefficient (Wildman–Crippen LogP) is 1.73. The van der Waals surface area contributed by atoms with Crippen LogP contribution in [0.15, 0.2) is 18.3 Å². The minimum atomic E-state index is -0.0372. The molecule has 1 aromatic heterocycles. The standard InChI is InChI=1S/C13H20N4O/c1-14-13(7-3-2-4-8-13)10-12(18)16-11-6-5-9-15-17-11/h5-6,9,14H,2-4,7-8,10H2,1H3,(H,16,17,18). The average molecular weight is 248 g/mol. The van der Waals surface area contributed by atoms with Crippen LogP contribution in [-0.2, 0) is 4.79 Å². The lowest BCUT2D eigenvalue weighted by Gasteiger charge is -2.36. The largest absolute Gasteiger partial charge is 0.314 e. The number of aromatic nitrogens is 2. The quantitative estimate of drug-likeness (QED) is 0.851. The first-order valence-corrected chi connectivity index (χ1v) is 6.51. The molecule has 1 fully saturated rings. The van der Waals surface area contributed by atoms with E-state index in [1.54, 1.807) is 18.3 Å². The van der Waals surface area contributed by atoms with Crippen LogP contribution in [0, 0.1) is 0 Å². The van der Waals surface area contributed by atoms with Gasteiger partial charge in [0.2, 0.25) is 5.91 Å². The van der Waals surface area contributed by atoms with Crippen LogP contribution in [0.3, 0.4) is 0 Å². The van der Waals surface area contributed by atoms with Gasteiger partial charge in [0, 0.05) is 18.2 Å². The molecule has 1 heterocycles. The Morgan fingerprint density at radius 3 is 2.78 bits per heavy atom. The third-order valence-corrected chi connectivity index (χ3v) is 3.68. The minimum absolute atomic E-state index is 0.00625. The maximum atomic E-state index is 12.0. The number of carbonyl (C=O) groups excluding carboxylic acids is 1.